The van der Waals surface area contributed by atoms with Crippen molar-refractivity contribution < 1.29 is 14.6 Å². The molecule has 0 bridgehead atoms. The molecule has 0 radical (unpaired) electrons. The van der Waals surface area contributed by atoms with Crippen molar-refractivity contribution >= 4 is 23.1 Å². The molecule has 30 heavy (non-hydrogen) atoms. The molecule has 0 aromatic heterocycles. The van der Waals surface area contributed by atoms with Gasteiger partial charge in [0.05, 0.1) is 35.8 Å². The van der Waals surface area contributed by atoms with Gasteiger partial charge in [-0.1, -0.05) is 18.9 Å². The van der Waals surface area contributed by atoms with Crippen LogP contribution in [0.25, 0.3) is 0 Å². The number of rotatable bonds is 4. The second kappa shape index (κ2) is 7.35. The predicted molar refractivity (Wildman–Crippen MR) is 117 cm³/mol. The molecule has 1 heterocycles. The minimum Gasteiger partial charge on any atom is -0.495 e. The van der Waals surface area contributed by atoms with Crippen molar-refractivity contribution in [1.82, 2.24) is 0 Å². The number of hydrogen-bond acceptors (Lipinski definition) is 5. The van der Waals surface area contributed by atoms with Gasteiger partial charge >= 0.3 is 5.97 Å². The lowest BCUT2D eigenvalue weighted by atomic mass is 9.75. The van der Waals surface area contributed by atoms with E-state index in [0.29, 0.717) is 34.9 Å². The fraction of sp³-hybridized carbons (Fsp3) is 0.417. The third-order valence-electron chi connectivity index (χ3n) is 6.98. The van der Waals surface area contributed by atoms with Gasteiger partial charge in [-0.15, -0.1) is 0 Å². The summed E-state index contributed by atoms with van der Waals surface area (Å²) in [5.74, 6) is 0.756. The maximum atomic E-state index is 11.4. The highest BCUT2D eigenvalue weighted by atomic mass is 16.5. The number of anilines is 2. The molecule has 0 saturated heterocycles. The highest BCUT2D eigenvalue weighted by Crippen LogP contribution is 2.45. The number of carboxylic acids is 1. The molecule has 156 valence electrons. The van der Waals surface area contributed by atoms with Crippen LogP contribution in [0.5, 0.6) is 5.75 Å². The van der Waals surface area contributed by atoms with Crippen molar-refractivity contribution in [3.05, 3.63) is 53.1 Å². The molecule has 2 atom stereocenters. The second-order valence-electron chi connectivity index (χ2n) is 8.61. The van der Waals surface area contributed by atoms with Crippen molar-refractivity contribution in [1.29, 1.82) is 0 Å². The zero-order chi connectivity index (χ0) is 20.8. The molecule has 2 aromatic carbocycles. The standard InChI is InChI=1S/C24H27N3O3/c1-30-21-13-17(8-11-20(21)25)27-23(14-4-2-3-5-14)19-10-6-15-12-16(24(28)29)7-9-18(15)22(19)26-27/h7-9,11-14,19,23H,2-6,10,25H2,1H3,(H,28,29)/t19-,23-/m1/s1. The maximum absolute atomic E-state index is 11.4. The van der Waals surface area contributed by atoms with Gasteiger partial charge in [0.2, 0.25) is 0 Å². The molecule has 6 heteroatoms. The van der Waals surface area contributed by atoms with Gasteiger partial charge in [-0.2, -0.15) is 5.10 Å². The summed E-state index contributed by atoms with van der Waals surface area (Å²) in [5, 5.41) is 16.7. The van der Waals surface area contributed by atoms with Crippen molar-refractivity contribution in [2.75, 3.05) is 17.9 Å². The van der Waals surface area contributed by atoms with Crippen LogP contribution in [-0.4, -0.2) is 29.9 Å². The normalized spacial score (nSPS) is 23.1. The molecule has 0 amide bonds. The molecular weight excluding hydrogens is 378 g/mol. The smallest absolute Gasteiger partial charge is 0.335 e. The summed E-state index contributed by atoms with van der Waals surface area (Å²) in [6, 6.07) is 11.7. The molecule has 6 nitrogen and oxygen atoms in total. The lowest BCUT2D eigenvalue weighted by Crippen LogP contribution is -2.40. The predicted octanol–water partition coefficient (Wildman–Crippen LogP) is 4.32. The second-order valence-corrected chi connectivity index (χ2v) is 8.61. The van der Waals surface area contributed by atoms with Crippen molar-refractivity contribution in [3.8, 4) is 5.75 Å². The minimum atomic E-state index is -0.882. The van der Waals surface area contributed by atoms with Crippen LogP contribution in [0.4, 0.5) is 11.4 Å². The Morgan fingerprint density at radius 1 is 1.17 bits per heavy atom. The third kappa shape index (κ3) is 3.02. The number of carbonyl (C=O) groups is 1. The van der Waals surface area contributed by atoms with Gasteiger partial charge in [-0.05, 0) is 61.4 Å². The topological polar surface area (TPSA) is 88.1 Å². The first-order valence-corrected chi connectivity index (χ1v) is 10.7. The number of nitrogens with zero attached hydrogens (tertiary/aromatic N) is 2. The van der Waals surface area contributed by atoms with E-state index in [-0.39, 0.29) is 0 Å². The monoisotopic (exact) mass is 405 g/mol. The van der Waals surface area contributed by atoms with E-state index >= 15 is 0 Å². The molecule has 1 aliphatic heterocycles. The SMILES string of the molecule is COc1cc(N2N=C3c4ccc(C(=O)O)cc4CC[C@H]3[C@H]2C2CCCC2)ccc1N. The first-order chi connectivity index (χ1) is 14.6. The summed E-state index contributed by atoms with van der Waals surface area (Å²) in [5.41, 5.74) is 11.3. The van der Waals surface area contributed by atoms with E-state index in [4.69, 9.17) is 15.6 Å². The molecule has 2 aliphatic carbocycles. The summed E-state index contributed by atoms with van der Waals surface area (Å²) < 4.78 is 5.46. The van der Waals surface area contributed by atoms with Crippen LogP contribution in [0.1, 0.15) is 53.6 Å². The van der Waals surface area contributed by atoms with Gasteiger partial charge in [-0.25, -0.2) is 4.79 Å². The molecule has 0 unspecified atom stereocenters. The molecule has 3 N–H and O–H groups in total. The Hall–Kier alpha value is -3.02. The number of fused-ring (bicyclic) bond motifs is 3. The molecule has 0 spiro atoms. The number of ether oxygens (including phenoxy) is 1. The number of nitrogens with two attached hydrogens (primary N) is 1. The Labute approximate surface area is 176 Å². The van der Waals surface area contributed by atoms with Crippen LogP contribution in [-0.2, 0) is 6.42 Å². The van der Waals surface area contributed by atoms with Crippen LogP contribution < -0.4 is 15.5 Å². The number of aryl methyl sites for hydroxylation is 1. The Morgan fingerprint density at radius 2 is 1.97 bits per heavy atom. The van der Waals surface area contributed by atoms with E-state index in [1.165, 1.54) is 25.7 Å². The van der Waals surface area contributed by atoms with Crippen molar-refractivity contribution in [3.63, 3.8) is 0 Å². The van der Waals surface area contributed by atoms with Crippen LogP contribution in [0.3, 0.4) is 0 Å². The van der Waals surface area contributed by atoms with Gasteiger partial charge in [0, 0.05) is 17.5 Å². The van der Waals surface area contributed by atoms with Crippen LogP contribution >= 0.6 is 0 Å². The zero-order valence-corrected chi connectivity index (χ0v) is 17.2. The van der Waals surface area contributed by atoms with Crippen LogP contribution in [0, 0.1) is 11.8 Å². The Kier molecular flexibility index (Phi) is 4.65. The Bertz CT molecular complexity index is 1030. The summed E-state index contributed by atoms with van der Waals surface area (Å²) in [6.07, 6.45) is 6.91. The summed E-state index contributed by atoms with van der Waals surface area (Å²) in [7, 11) is 1.63. The molecule has 1 fully saturated rings. The number of aromatic carboxylic acids is 1. The summed E-state index contributed by atoms with van der Waals surface area (Å²) in [6.45, 7) is 0. The fourth-order valence-corrected chi connectivity index (χ4v) is 5.54. The number of hydrogen-bond donors (Lipinski definition) is 2. The van der Waals surface area contributed by atoms with E-state index in [9.17, 15) is 9.90 Å². The van der Waals surface area contributed by atoms with Gasteiger partial charge in [0.1, 0.15) is 5.75 Å². The first kappa shape index (κ1) is 19.0. The van der Waals surface area contributed by atoms with E-state index in [1.807, 2.05) is 30.3 Å². The fourth-order valence-electron chi connectivity index (χ4n) is 5.54. The lowest BCUT2D eigenvalue weighted by molar-refractivity contribution is 0.0696. The van der Waals surface area contributed by atoms with Crippen molar-refractivity contribution in [2.24, 2.45) is 16.9 Å². The Balaban J connectivity index is 1.59. The van der Waals surface area contributed by atoms with E-state index in [1.54, 1.807) is 13.2 Å². The quantitative estimate of drug-likeness (QED) is 0.740. The third-order valence-corrected chi connectivity index (χ3v) is 6.98. The molecular formula is C24H27N3O3. The van der Waals surface area contributed by atoms with Gasteiger partial charge in [0.15, 0.2) is 0 Å². The average molecular weight is 405 g/mol. The van der Waals surface area contributed by atoms with Gasteiger partial charge < -0.3 is 15.6 Å². The molecule has 3 aliphatic rings. The highest BCUT2D eigenvalue weighted by Gasteiger charge is 2.45. The number of hydrazone groups is 1. The number of nitrogen functional groups attached to an aromatic ring is 1. The number of methoxy groups -OCH3 is 1. The average Bonchev–Trinajstić information content (AvgIpc) is 3.41. The Morgan fingerprint density at radius 3 is 2.70 bits per heavy atom. The highest BCUT2D eigenvalue weighted by molar-refractivity contribution is 6.07. The van der Waals surface area contributed by atoms with Gasteiger partial charge in [0.25, 0.3) is 0 Å². The molecule has 2 aromatic rings. The molecule has 1 saturated carbocycles. The number of benzene rings is 2. The summed E-state index contributed by atoms with van der Waals surface area (Å²) >= 11 is 0. The van der Waals surface area contributed by atoms with E-state index in [2.05, 4.69) is 5.01 Å². The maximum Gasteiger partial charge on any atom is 0.335 e. The zero-order valence-electron chi connectivity index (χ0n) is 17.2. The van der Waals surface area contributed by atoms with E-state index in [0.717, 1.165) is 35.4 Å². The number of carboxylic acid groups (broad SMARTS) is 1. The van der Waals surface area contributed by atoms with Crippen LogP contribution in [0.15, 0.2) is 41.5 Å². The molecule has 5 rings (SSSR count). The van der Waals surface area contributed by atoms with Gasteiger partial charge in [-0.3, -0.25) is 5.01 Å². The minimum absolute atomic E-state index is 0.322. The van der Waals surface area contributed by atoms with E-state index < -0.39 is 5.97 Å². The lowest BCUT2D eigenvalue weighted by Gasteiger charge is -2.34. The van der Waals surface area contributed by atoms with Crippen molar-refractivity contribution in [2.45, 2.75) is 44.6 Å². The van der Waals surface area contributed by atoms with Crippen LogP contribution in [0.2, 0.25) is 0 Å². The summed E-state index contributed by atoms with van der Waals surface area (Å²) in [4.78, 5) is 11.4. The first-order valence-electron chi connectivity index (χ1n) is 10.7. The largest absolute Gasteiger partial charge is 0.495 e.